The molecule has 0 atom stereocenters. The minimum Gasteiger partial charge on any atom is -0.398 e. The summed E-state index contributed by atoms with van der Waals surface area (Å²) in [5.74, 6) is 0. The van der Waals surface area contributed by atoms with Crippen molar-refractivity contribution in [3.05, 3.63) is 11.8 Å². The Morgan fingerprint density at radius 2 is 1.55 bits per heavy atom. The standard InChI is InChI=1S/C15H27BFNO2/c1-13(2,18-9-7-8-10-18)11-12(17)16-19-14(3,4)15(5,6)20-16/h11H,7-10H2,1-6H3. The van der Waals surface area contributed by atoms with Crippen LogP contribution in [0.1, 0.15) is 54.4 Å². The van der Waals surface area contributed by atoms with E-state index in [1.54, 1.807) is 6.08 Å². The van der Waals surface area contributed by atoms with Crippen molar-refractivity contribution < 1.29 is 13.7 Å². The van der Waals surface area contributed by atoms with Crippen LogP contribution >= 0.6 is 0 Å². The van der Waals surface area contributed by atoms with E-state index in [-0.39, 0.29) is 11.3 Å². The third kappa shape index (κ3) is 2.95. The summed E-state index contributed by atoms with van der Waals surface area (Å²) in [6.45, 7) is 13.9. The molecule has 0 saturated carbocycles. The van der Waals surface area contributed by atoms with Crippen molar-refractivity contribution in [2.24, 2.45) is 0 Å². The predicted octanol–water partition coefficient (Wildman–Crippen LogP) is 3.35. The number of hydrogen-bond donors (Lipinski definition) is 0. The molecule has 0 amide bonds. The van der Waals surface area contributed by atoms with Gasteiger partial charge in [0.2, 0.25) is 0 Å². The van der Waals surface area contributed by atoms with E-state index in [4.69, 9.17) is 9.31 Å². The summed E-state index contributed by atoms with van der Waals surface area (Å²) in [5.41, 5.74) is -1.62. The van der Waals surface area contributed by atoms with Crippen LogP contribution in [0.15, 0.2) is 11.8 Å². The van der Waals surface area contributed by atoms with Gasteiger partial charge in [-0.3, -0.25) is 4.90 Å². The molecule has 0 unspecified atom stereocenters. The molecule has 0 aromatic heterocycles. The third-order valence-electron chi connectivity index (χ3n) is 4.89. The van der Waals surface area contributed by atoms with Gasteiger partial charge < -0.3 is 9.31 Å². The van der Waals surface area contributed by atoms with Crippen molar-refractivity contribution in [1.29, 1.82) is 0 Å². The van der Waals surface area contributed by atoms with Crippen LogP contribution in [0.4, 0.5) is 4.39 Å². The fourth-order valence-corrected chi connectivity index (χ4v) is 2.75. The number of halogens is 1. The van der Waals surface area contributed by atoms with Gasteiger partial charge in [-0.25, -0.2) is 4.39 Å². The molecule has 0 spiro atoms. The maximum Gasteiger partial charge on any atom is 0.524 e. The fraction of sp³-hybridized carbons (Fsp3) is 0.867. The molecule has 2 rings (SSSR count). The number of likely N-dealkylation sites (tertiary alicyclic amines) is 1. The van der Waals surface area contributed by atoms with Gasteiger partial charge in [-0.2, -0.15) is 0 Å². The first-order chi connectivity index (χ1) is 9.05. The molecule has 20 heavy (non-hydrogen) atoms. The zero-order valence-electron chi connectivity index (χ0n) is 13.6. The van der Waals surface area contributed by atoms with Gasteiger partial charge in [0.05, 0.1) is 11.2 Å². The van der Waals surface area contributed by atoms with Gasteiger partial charge in [0.1, 0.15) is 5.73 Å². The van der Waals surface area contributed by atoms with Crippen LogP contribution in [-0.4, -0.2) is 41.8 Å². The first-order valence-corrected chi connectivity index (χ1v) is 7.54. The van der Waals surface area contributed by atoms with Crippen molar-refractivity contribution in [3.63, 3.8) is 0 Å². The minimum atomic E-state index is -0.887. The van der Waals surface area contributed by atoms with Crippen LogP contribution in [0.3, 0.4) is 0 Å². The van der Waals surface area contributed by atoms with E-state index in [1.807, 2.05) is 41.5 Å². The van der Waals surface area contributed by atoms with Crippen LogP contribution in [-0.2, 0) is 9.31 Å². The van der Waals surface area contributed by atoms with Crippen LogP contribution in [0.25, 0.3) is 0 Å². The monoisotopic (exact) mass is 283 g/mol. The number of hydrogen-bond acceptors (Lipinski definition) is 3. The largest absolute Gasteiger partial charge is 0.524 e. The summed E-state index contributed by atoms with van der Waals surface area (Å²) in [5, 5.41) is 0. The maximum atomic E-state index is 14.5. The molecule has 5 heteroatoms. The SMILES string of the molecule is CC(C)(C=C(F)B1OC(C)(C)C(C)(C)O1)N1CCCC1. The Balaban J connectivity index is 2.11. The van der Waals surface area contributed by atoms with E-state index >= 15 is 0 Å². The van der Waals surface area contributed by atoms with Gasteiger partial charge in [-0.1, -0.05) is 0 Å². The van der Waals surface area contributed by atoms with Gasteiger partial charge in [0, 0.05) is 5.54 Å². The Labute approximate surface area is 122 Å². The summed E-state index contributed by atoms with van der Waals surface area (Å²) < 4.78 is 26.0. The summed E-state index contributed by atoms with van der Waals surface area (Å²) in [6, 6.07) is 0. The summed E-state index contributed by atoms with van der Waals surface area (Å²) >= 11 is 0. The van der Waals surface area contributed by atoms with Crippen LogP contribution in [0, 0.1) is 0 Å². The molecule has 0 aromatic rings. The molecule has 0 bridgehead atoms. The zero-order chi connectivity index (χ0) is 15.2. The Morgan fingerprint density at radius 3 is 2.00 bits per heavy atom. The second kappa shape index (κ2) is 5.11. The Morgan fingerprint density at radius 1 is 1.10 bits per heavy atom. The van der Waals surface area contributed by atoms with Gasteiger partial charge in [-0.15, -0.1) is 0 Å². The van der Waals surface area contributed by atoms with E-state index in [1.165, 1.54) is 12.8 Å². The molecule has 2 heterocycles. The van der Waals surface area contributed by atoms with Gasteiger partial charge in [0.15, 0.2) is 0 Å². The fourth-order valence-electron chi connectivity index (χ4n) is 2.75. The molecule has 2 saturated heterocycles. The quantitative estimate of drug-likeness (QED) is 0.741. The van der Waals surface area contributed by atoms with Crippen LogP contribution in [0.5, 0.6) is 0 Å². The average molecular weight is 283 g/mol. The highest BCUT2D eigenvalue weighted by Gasteiger charge is 2.53. The highest BCUT2D eigenvalue weighted by atomic mass is 19.1. The molecule has 0 aliphatic carbocycles. The molecule has 3 nitrogen and oxygen atoms in total. The molecular weight excluding hydrogens is 256 g/mol. The lowest BCUT2D eigenvalue weighted by Gasteiger charge is -2.32. The summed E-state index contributed by atoms with van der Waals surface area (Å²) in [4.78, 5) is 2.30. The van der Waals surface area contributed by atoms with Gasteiger partial charge >= 0.3 is 7.12 Å². The summed E-state index contributed by atoms with van der Waals surface area (Å²) in [6.07, 6.45) is 4.03. The van der Waals surface area contributed by atoms with Crippen LogP contribution < -0.4 is 0 Å². The number of rotatable bonds is 3. The molecular formula is C15H27BFNO2. The highest BCUT2D eigenvalue weighted by molar-refractivity contribution is 6.53. The van der Waals surface area contributed by atoms with E-state index in [2.05, 4.69) is 4.90 Å². The van der Waals surface area contributed by atoms with Crippen molar-refractivity contribution >= 4 is 7.12 Å². The average Bonchev–Trinajstić information content (AvgIpc) is 2.85. The third-order valence-corrected chi connectivity index (χ3v) is 4.89. The topological polar surface area (TPSA) is 21.7 Å². The minimum absolute atomic E-state index is 0.301. The first-order valence-electron chi connectivity index (χ1n) is 7.54. The Bertz CT molecular complexity index is 385. The normalized spacial score (nSPS) is 27.4. The second-order valence-corrected chi connectivity index (χ2v) is 7.47. The predicted molar refractivity (Wildman–Crippen MR) is 80.2 cm³/mol. The van der Waals surface area contributed by atoms with Gasteiger partial charge in [-0.05, 0) is 73.5 Å². The number of nitrogens with zero attached hydrogens (tertiary/aromatic N) is 1. The highest BCUT2D eigenvalue weighted by Crippen LogP contribution is 2.39. The zero-order valence-corrected chi connectivity index (χ0v) is 13.6. The van der Waals surface area contributed by atoms with E-state index in [0.717, 1.165) is 13.1 Å². The molecule has 2 aliphatic rings. The first kappa shape index (κ1) is 16.0. The smallest absolute Gasteiger partial charge is 0.398 e. The van der Waals surface area contributed by atoms with E-state index < -0.39 is 18.3 Å². The van der Waals surface area contributed by atoms with Crippen molar-refractivity contribution in [3.8, 4) is 0 Å². The second-order valence-electron chi connectivity index (χ2n) is 7.47. The Kier molecular flexibility index (Phi) is 4.09. The summed E-state index contributed by atoms with van der Waals surface area (Å²) in [7, 11) is -0.887. The molecule has 114 valence electrons. The lowest BCUT2D eigenvalue weighted by Crippen LogP contribution is -2.41. The van der Waals surface area contributed by atoms with Crippen molar-refractivity contribution in [1.82, 2.24) is 4.90 Å². The van der Waals surface area contributed by atoms with Crippen LogP contribution in [0.2, 0.25) is 0 Å². The van der Waals surface area contributed by atoms with E-state index in [0.29, 0.717) is 0 Å². The lowest BCUT2D eigenvalue weighted by atomic mass is 9.84. The van der Waals surface area contributed by atoms with Crippen molar-refractivity contribution in [2.75, 3.05) is 13.1 Å². The molecule has 2 aliphatic heterocycles. The maximum absolute atomic E-state index is 14.5. The lowest BCUT2D eigenvalue weighted by molar-refractivity contribution is 0.00578. The molecule has 2 fully saturated rings. The molecule has 0 aromatic carbocycles. The Hall–Kier alpha value is -0.385. The van der Waals surface area contributed by atoms with E-state index in [9.17, 15) is 4.39 Å². The van der Waals surface area contributed by atoms with Gasteiger partial charge in [0.25, 0.3) is 0 Å². The molecule has 0 N–H and O–H groups in total. The van der Waals surface area contributed by atoms with Crippen molar-refractivity contribution in [2.45, 2.75) is 71.1 Å². The molecule has 0 radical (unpaired) electrons.